The highest BCUT2D eigenvalue weighted by Crippen LogP contribution is 2.23. The van der Waals surface area contributed by atoms with Gasteiger partial charge in [0.2, 0.25) is 0 Å². The monoisotopic (exact) mass is 285 g/mol. The van der Waals surface area contributed by atoms with E-state index in [1.54, 1.807) is 0 Å². The number of thioether (sulfide) groups is 1. The highest BCUT2D eigenvalue weighted by molar-refractivity contribution is 7.99. The van der Waals surface area contributed by atoms with E-state index in [0.29, 0.717) is 0 Å². The summed E-state index contributed by atoms with van der Waals surface area (Å²) in [5, 5.41) is 10.9. The number of fused-ring (bicyclic) bond motifs is 3. The first-order valence-electron chi connectivity index (χ1n) is 7.26. The molecule has 0 saturated heterocycles. The number of rotatable bonds is 6. The Labute approximate surface area is 123 Å². The Morgan fingerprint density at radius 3 is 2.80 bits per heavy atom. The van der Waals surface area contributed by atoms with Crippen LogP contribution in [0.2, 0.25) is 0 Å². The van der Waals surface area contributed by atoms with Gasteiger partial charge in [-0.2, -0.15) is 0 Å². The molecule has 2 heterocycles. The highest BCUT2D eigenvalue weighted by Gasteiger charge is 2.08. The Bertz CT molecular complexity index is 705. The van der Waals surface area contributed by atoms with Crippen LogP contribution in [0.5, 0.6) is 0 Å². The molecule has 0 unspecified atom stereocenters. The van der Waals surface area contributed by atoms with Crippen LogP contribution in [0.15, 0.2) is 41.6 Å². The van der Waals surface area contributed by atoms with Crippen molar-refractivity contribution in [3.63, 3.8) is 0 Å². The molecule has 0 fully saturated rings. The zero-order valence-corrected chi connectivity index (χ0v) is 12.6. The first-order valence-corrected chi connectivity index (χ1v) is 8.24. The third-order valence-electron chi connectivity index (χ3n) is 3.48. The fraction of sp³-hybridized carbons (Fsp3) is 0.375. The summed E-state index contributed by atoms with van der Waals surface area (Å²) in [7, 11) is 0. The molecule has 4 heteroatoms. The van der Waals surface area contributed by atoms with Gasteiger partial charge in [0, 0.05) is 5.75 Å². The number of pyridine rings is 1. The summed E-state index contributed by atoms with van der Waals surface area (Å²) in [6, 6.07) is 12.5. The van der Waals surface area contributed by atoms with Gasteiger partial charge < -0.3 is 0 Å². The maximum absolute atomic E-state index is 4.34. The smallest absolute Gasteiger partial charge is 0.196 e. The van der Waals surface area contributed by atoms with Gasteiger partial charge in [-0.3, -0.25) is 4.40 Å². The molecule has 3 nitrogen and oxygen atoms in total. The van der Waals surface area contributed by atoms with Gasteiger partial charge in [0.25, 0.3) is 0 Å². The first-order chi connectivity index (χ1) is 9.90. The van der Waals surface area contributed by atoms with Gasteiger partial charge in [-0.1, -0.05) is 56.1 Å². The molecule has 0 spiro atoms. The molecule has 1 aromatic carbocycles. The molecular weight excluding hydrogens is 266 g/mol. The van der Waals surface area contributed by atoms with Crippen molar-refractivity contribution >= 4 is 28.3 Å². The largest absolute Gasteiger partial charge is 0.270 e. The minimum atomic E-state index is 0.930. The standard InChI is InChI=1S/C16H19N3S/c1-2-3-4-7-12-20-16-18-17-15-11-10-13-8-5-6-9-14(13)19(15)16/h5-6,8-11H,2-4,7,12H2,1H3. The van der Waals surface area contributed by atoms with Crippen molar-refractivity contribution < 1.29 is 0 Å². The van der Waals surface area contributed by atoms with E-state index in [1.807, 2.05) is 17.8 Å². The Balaban J connectivity index is 1.86. The van der Waals surface area contributed by atoms with Crippen molar-refractivity contribution in [1.29, 1.82) is 0 Å². The van der Waals surface area contributed by atoms with Gasteiger partial charge in [0.15, 0.2) is 10.8 Å². The number of aromatic nitrogens is 3. The van der Waals surface area contributed by atoms with Crippen molar-refractivity contribution in [2.75, 3.05) is 5.75 Å². The number of nitrogens with zero attached hydrogens (tertiary/aromatic N) is 3. The molecule has 0 N–H and O–H groups in total. The van der Waals surface area contributed by atoms with E-state index in [-0.39, 0.29) is 0 Å². The third kappa shape index (κ3) is 2.66. The van der Waals surface area contributed by atoms with E-state index in [2.05, 4.69) is 51.9 Å². The Hall–Kier alpha value is -1.55. The van der Waals surface area contributed by atoms with Gasteiger partial charge in [0.05, 0.1) is 5.52 Å². The number of hydrogen-bond acceptors (Lipinski definition) is 3. The van der Waals surface area contributed by atoms with Crippen LogP contribution in [-0.2, 0) is 0 Å². The molecule has 104 valence electrons. The predicted molar refractivity (Wildman–Crippen MR) is 85.4 cm³/mol. The minimum absolute atomic E-state index is 0.930. The Morgan fingerprint density at radius 1 is 1.00 bits per heavy atom. The predicted octanol–water partition coefficient (Wildman–Crippen LogP) is 4.55. The number of hydrogen-bond donors (Lipinski definition) is 0. The normalized spacial score (nSPS) is 11.4. The summed E-state index contributed by atoms with van der Waals surface area (Å²) in [5.41, 5.74) is 2.12. The van der Waals surface area contributed by atoms with E-state index in [0.717, 1.165) is 16.6 Å². The van der Waals surface area contributed by atoms with Crippen molar-refractivity contribution in [1.82, 2.24) is 14.6 Å². The van der Waals surface area contributed by atoms with Gasteiger partial charge in [-0.05, 0) is 30.0 Å². The average molecular weight is 285 g/mol. The first kappa shape index (κ1) is 13.4. The Morgan fingerprint density at radius 2 is 1.90 bits per heavy atom. The van der Waals surface area contributed by atoms with Crippen LogP contribution in [0, 0.1) is 0 Å². The van der Waals surface area contributed by atoms with Crippen molar-refractivity contribution in [2.24, 2.45) is 0 Å². The third-order valence-corrected chi connectivity index (χ3v) is 4.49. The molecule has 0 saturated carbocycles. The quantitative estimate of drug-likeness (QED) is 0.491. The zero-order chi connectivity index (χ0) is 13.8. The maximum Gasteiger partial charge on any atom is 0.196 e. The van der Waals surface area contributed by atoms with Crippen LogP contribution in [0.25, 0.3) is 16.6 Å². The summed E-state index contributed by atoms with van der Waals surface area (Å²) in [5.74, 6) is 1.12. The molecule has 0 aliphatic carbocycles. The lowest BCUT2D eigenvalue weighted by atomic mass is 10.2. The molecule has 0 amide bonds. The summed E-state index contributed by atoms with van der Waals surface area (Å²) in [6.45, 7) is 2.24. The van der Waals surface area contributed by atoms with Crippen LogP contribution in [0.1, 0.15) is 32.6 Å². The SMILES string of the molecule is CCCCCCSc1nnc2ccc3ccccc3n12. The van der Waals surface area contributed by atoms with Crippen LogP contribution >= 0.6 is 11.8 Å². The molecule has 0 aliphatic heterocycles. The van der Waals surface area contributed by atoms with E-state index in [1.165, 1.54) is 36.6 Å². The molecule has 0 atom stereocenters. The van der Waals surface area contributed by atoms with Gasteiger partial charge in [-0.15, -0.1) is 10.2 Å². The lowest BCUT2D eigenvalue weighted by Gasteiger charge is -2.04. The van der Waals surface area contributed by atoms with Gasteiger partial charge >= 0.3 is 0 Å². The van der Waals surface area contributed by atoms with Gasteiger partial charge in [0.1, 0.15) is 0 Å². The molecule has 3 rings (SSSR count). The van der Waals surface area contributed by atoms with Crippen molar-refractivity contribution in [3.8, 4) is 0 Å². The fourth-order valence-electron chi connectivity index (χ4n) is 2.40. The lowest BCUT2D eigenvalue weighted by Crippen LogP contribution is -1.91. The van der Waals surface area contributed by atoms with E-state index < -0.39 is 0 Å². The molecule has 3 aromatic rings. The van der Waals surface area contributed by atoms with Crippen molar-refractivity contribution in [3.05, 3.63) is 36.4 Å². The Kier molecular flexibility index (Phi) is 4.21. The topological polar surface area (TPSA) is 30.2 Å². The fourth-order valence-corrected chi connectivity index (χ4v) is 3.35. The molecular formula is C16H19N3S. The zero-order valence-electron chi connectivity index (χ0n) is 11.7. The van der Waals surface area contributed by atoms with Gasteiger partial charge in [-0.25, -0.2) is 0 Å². The molecule has 0 radical (unpaired) electrons. The van der Waals surface area contributed by atoms with Crippen LogP contribution in [0.3, 0.4) is 0 Å². The second-order valence-corrected chi connectivity index (χ2v) is 6.04. The minimum Gasteiger partial charge on any atom is -0.270 e. The summed E-state index contributed by atoms with van der Waals surface area (Å²) in [4.78, 5) is 0. The average Bonchev–Trinajstić information content (AvgIpc) is 2.91. The van der Waals surface area contributed by atoms with E-state index in [9.17, 15) is 0 Å². The molecule has 0 aliphatic rings. The van der Waals surface area contributed by atoms with Crippen LogP contribution < -0.4 is 0 Å². The highest BCUT2D eigenvalue weighted by atomic mass is 32.2. The number of para-hydroxylation sites is 1. The number of benzene rings is 1. The van der Waals surface area contributed by atoms with Crippen LogP contribution in [-0.4, -0.2) is 20.4 Å². The maximum atomic E-state index is 4.34. The van der Waals surface area contributed by atoms with Crippen LogP contribution in [0.4, 0.5) is 0 Å². The van der Waals surface area contributed by atoms with E-state index >= 15 is 0 Å². The van der Waals surface area contributed by atoms with Crippen molar-refractivity contribution in [2.45, 2.75) is 37.8 Å². The lowest BCUT2D eigenvalue weighted by molar-refractivity contribution is 0.706. The summed E-state index contributed by atoms with van der Waals surface area (Å²) in [6.07, 6.45) is 5.16. The summed E-state index contributed by atoms with van der Waals surface area (Å²) < 4.78 is 2.17. The molecule has 2 aromatic heterocycles. The second-order valence-electron chi connectivity index (χ2n) is 4.98. The summed E-state index contributed by atoms with van der Waals surface area (Å²) >= 11 is 1.81. The second kappa shape index (κ2) is 6.27. The molecule has 20 heavy (non-hydrogen) atoms. The van der Waals surface area contributed by atoms with E-state index in [4.69, 9.17) is 0 Å². The molecule has 0 bridgehead atoms. The number of unbranched alkanes of at least 4 members (excludes halogenated alkanes) is 3.